The number of hydrogen-bond acceptors (Lipinski definition) is 0. The molecule has 0 spiro atoms. The second-order valence-electron chi connectivity index (χ2n) is 4.77. The molecule has 66 valence electrons. The van der Waals surface area contributed by atoms with Crippen molar-refractivity contribution in [2.24, 2.45) is 11.8 Å². The molecular formula is C11H18N+. The molecule has 1 heteroatoms. The van der Waals surface area contributed by atoms with Crippen molar-refractivity contribution in [1.82, 2.24) is 0 Å². The number of hydrogen-bond donors (Lipinski definition) is 0. The van der Waals surface area contributed by atoms with Crippen molar-refractivity contribution in [2.45, 2.75) is 38.5 Å². The van der Waals surface area contributed by atoms with Crippen molar-refractivity contribution in [1.29, 1.82) is 0 Å². The Morgan fingerprint density at radius 2 is 1.92 bits per heavy atom. The van der Waals surface area contributed by atoms with E-state index in [4.69, 9.17) is 0 Å². The van der Waals surface area contributed by atoms with Gasteiger partial charge in [0.2, 0.25) is 0 Å². The van der Waals surface area contributed by atoms with E-state index in [0.717, 1.165) is 11.8 Å². The van der Waals surface area contributed by atoms with Gasteiger partial charge in [0, 0.05) is 25.2 Å². The minimum Gasteiger partial charge on any atom is -0.237 e. The molecule has 0 N–H and O–H groups in total. The summed E-state index contributed by atoms with van der Waals surface area (Å²) in [6, 6.07) is 0. The molecule has 2 atom stereocenters. The largest absolute Gasteiger partial charge is 0.237 e. The highest BCUT2D eigenvalue weighted by Gasteiger charge is 2.42. The van der Waals surface area contributed by atoms with Gasteiger partial charge in [-0.3, -0.25) is 0 Å². The lowest BCUT2D eigenvalue weighted by Gasteiger charge is -2.10. The van der Waals surface area contributed by atoms with Crippen LogP contribution in [0, 0.1) is 11.8 Å². The Balaban J connectivity index is 1.88. The first-order valence-electron chi connectivity index (χ1n) is 5.54. The molecule has 2 aliphatic carbocycles. The summed E-state index contributed by atoms with van der Waals surface area (Å²) in [7, 11) is 0. The second kappa shape index (κ2) is 2.58. The van der Waals surface area contributed by atoms with Gasteiger partial charge in [-0.1, -0.05) is 0 Å². The zero-order valence-corrected chi connectivity index (χ0v) is 7.76. The number of nitrogens with zero attached hydrogens (tertiary/aromatic N) is 1. The standard InChI is InChI=1S/C11H18N/c1-2-6-12(5-1)11-8-9-3-4-10(11)7-9/h9-10H,1-8H2/q+1. The predicted octanol–water partition coefficient (Wildman–Crippen LogP) is 2.05. The van der Waals surface area contributed by atoms with Gasteiger partial charge in [-0.2, -0.15) is 0 Å². The maximum absolute atomic E-state index is 2.70. The fourth-order valence-electron chi connectivity index (χ4n) is 3.42. The zero-order chi connectivity index (χ0) is 7.97. The van der Waals surface area contributed by atoms with Crippen LogP contribution in [-0.2, 0) is 0 Å². The molecular weight excluding hydrogens is 146 g/mol. The first kappa shape index (κ1) is 7.11. The van der Waals surface area contributed by atoms with Crippen molar-refractivity contribution in [3.05, 3.63) is 0 Å². The van der Waals surface area contributed by atoms with E-state index < -0.39 is 0 Å². The van der Waals surface area contributed by atoms with Crippen molar-refractivity contribution in [3.8, 4) is 0 Å². The minimum atomic E-state index is 1.02. The van der Waals surface area contributed by atoms with Gasteiger partial charge in [-0.05, 0) is 25.2 Å². The van der Waals surface area contributed by atoms with Gasteiger partial charge in [0.15, 0.2) is 5.71 Å². The zero-order valence-electron chi connectivity index (χ0n) is 7.76. The SMILES string of the molecule is C1CC[N+](=C2CC3CCC2C3)C1. The maximum Gasteiger partial charge on any atom is 0.155 e. The highest BCUT2D eigenvalue weighted by Crippen LogP contribution is 2.42. The Bertz CT molecular complexity index is 221. The first-order chi connectivity index (χ1) is 5.93. The third kappa shape index (κ3) is 0.949. The topological polar surface area (TPSA) is 3.01 Å². The Labute approximate surface area is 74.5 Å². The highest BCUT2D eigenvalue weighted by atomic mass is 15.0. The van der Waals surface area contributed by atoms with Crippen molar-refractivity contribution < 1.29 is 4.58 Å². The average molecular weight is 164 g/mol. The highest BCUT2D eigenvalue weighted by molar-refractivity contribution is 5.85. The van der Waals surface area contributed by atoms with E-state index in [1.54, 1.807) is 0 Å². The van der Waals surface area contributed by atoms with Crippen LogP contribution >= 0.6 is 0 Å². The minimum absolute atomic E-state index is 1.02. The van der Waals surface area contributed by atoms with Crippen LogP contribution in [0.1, 0.15) is 38.5 Å². The van der Waals surface area contributed by atoms with E-state index in [9.17, 15) is 0 Å². The molecule has 0 aromatic heterocycles. The van der Waals surface area contributed by atoms with E-state index in [1.807, 2.05) is 5.71 Å². The van der Waals surface area contributed by atoms with Crippen LogP contribution in [0.2, 0.25) is 0 Å². The van der Waals surface area contributed by atoms with Crippen LogP contribution in [0.5, 0.6) is 0 Å². The van der Waals surface area contributed by atoms with Crippen LogP contribution in [0.3, 0.4) is 0 Å². The Kier molecular flexibility index (Phi) is 1.53. The smallest absolute Gasteiger partial charge is 0.155 e. The summed E-state index contributed by atoms with van der Waals surface area (Å²) >= 11 is 0. The third-order valence-electron chi connectivity index (χ3n) is 4.02. The van der Waals surface area contributed by atoms with Gasteiger partial charge in [-0.15, -0.1) is 0 Å². The number of rotatable bonds is 0. The van der Waals surface area contributed by atoms with Gasteiger partial charge in [0.05, 0.1) is 0 Å². The van der Waals surface area contributed by atoms with Crippen LogP contribution in [0.4, 0.5) is 0 Å². The molecule has 0 aromatic rings. The molecule has 2 unspecified atom stereocenters. The lowest BCUT2D eigenvalue weighted by molar-refractivity contribution is -0.509. The summed E-state index contributed by atoms with van der Waals surface area (Å²) in [6.07, 6.45) is 8.93. The van der Waals surface area contributed by atoms with E-state index in [2.05, 4.69) is 4.58 Å². The molecule has 1 nitrogen and oxygen atoms in total. The molecule has 3 rings (SSSR count). The fraction of sp³-hybridized carbons (Fsp3) is 0.909. The van der Waals surface area contributed by atoms with Crippen molar-refractivity contribution >= 4 is 5.71 Å². The molecule has 1 saturated heterocycles. The molecule has 2 bridgehead atoms. The Morgan fingerprint density at radius 3 is 2.50 bits per heavy atom. The molecule has 1 heterocycles. The van der Waals surface area contributed by atoms with E-state index >= 15 is 0 Å². The summed E-state index contributed by atoms with van der Waals surface area (Å²) in [4.78, 5) is 0. The average Bonchev–Trinajstić information content (AvgIpc) is 2.81. The Morgan fingerprint density at radius 1 is 1.08 bits per heavy atom. The van der Waals surface area contributed by atoms with Crippen LogP contribution < -0.4 is 0 Å². The van der Waals surface area contributed by atoms with E-state index in [0.29, 0.717) is 0 Å². The van der Waals surface area contributed by atoms with Crippen LogP contribution in [-0.4, -0.2) is 23.4 Å². The summed E-state index contributed by atoms with van der Waals surface area (Å²) in [5, 5.41) is 0. The van der Waals surface area contributed by atoms with Gasteiger partial charge in [0.1, 0.15) is 13.1 Å². The molecule has 0 radical (unpaired) electrons. The monoisotopic (exact) mass is 164 g/mol. The summed E-state index contributed by atoms with van der Waals surface area (Å²) in [6.45, 7) is 2.75. The molecule has 3 fully saturated rings. The van der Waals surface area contributed by atoms with Crippen LogP contribution in [0.25, 0.3) is 0 Å². The van der Waals surface area contributed by atoms with Crippen molar-refractivity contribution in [3.63, 3.8) is 0 Å². The lowest BCUT2D eigenvalue weighted by Crippen LogP contribution is -2.23. The fourth-order valence-corrected chi connectivity index (χ4v) is 3.42. The molecule has 0 aromatic carbocycles. The van der Waals surface area contributed by atoms with Gasteiger partial charge >= 0.3 is 0 Å². The normalized spacial score (nSPS) is 40.0. The van der Waals surface area contributed by atoms with Crippen LogP contribution in [0.15, 0.2) is 0 Å². The van der Waals surface area contributed by atoms with Gasteiger partial charge in [0.25, 0.3) is 0 Å². The van der Waals surface area contributed by atoms with Gasteiger partial charge in [-0.25, -0.2) is 4.58 Å². The van der Waals surface area contributed by atoms with Gasteiger partial charge < -0.3 is 0 Å². The number of fused-ring (bicyclic) bond motifs is 2. The summed E-state index contributed by atoms with van der Waals surface area (Å²) in [5.74, 6) is 2.11. The second-order valence-corrected chi connectivity index (χ2v) is 4.77. The first-order valence-corrected chi connectivity index (χ1v) is 5.54. The third-order valence-corrected chi connectivity index (χ3v) is 4.02. The molecule has 3 aliphatic rings. The summed E-state index contributed by atoms with van der Waals surface area (Å²) in [5.41, 5.74) is 1.85. The quantitative estimate of drug-likeness (QED) is 0.482. The molecule has 0 amide bonds. The molecule has 12 heavy (non-hydrogen) atoms. The molecule has 1 aliphatic heterocycles. The molecule has 2 saturated carbocycles. The predicted molar refractivity (Wildman–Crippen MR) is 49.7 cm³/mol. The van der Waals surface area contributed by atoms with Crippen molar-refractivity contribution in [2.75, 3.05) is 13.1 Å². The lowest BCUT2D eigenvalue weighted by atomic mass is 9.98. The summed E-state index contributed by atoms with van der Waals surface area (Å²) < 4.78 is 2.70. The Hall–Kier alpha value is -0.330. The van der Waals surface area contributed by atoms with E-state index in [1.165, 1.54) is 51.6 Å². The maximum atomic E-state index is 2.70. The van der Waals surface area contributed by atoms with E-state index in [-0.39, 0.29) is 0 Å².